The van der Waals surface area contributed by atoms with Crippen LogP contribution >= 0.6 is 0 Å². The zero-order chi connectivity index (χ0) is 14.6. The molecule has 116 valence electrons. The Labute approximate surface area is 125 Å². The third-order valence-corrected chi connectivity index (χ3v) is 6.13. The van der Waals surface area contributed by atoms with E-state index in [0.717, 1.165) is 49.9 Å². The van der Waals surface area contributed by atoms with E-state index in [9.17, 15) is 4.79 Å². The molecule has 1 unspecified atom stereocenters. The van der Waals surface area contributed by atoms with Crippen LogP contribution in [0.5, 0.6) is 0 Å². The second-order valence-corrected chi connectivity index (χ2v) is 8.07. The van der Waals surface area contributed by atoms with Crippen molar-refractivity contribution in [3.05, 3.63) is 0 Å². The van der Waals surface area contributed by atoms with Gasteiger partial charge in [0.1, 0.15) is 5.84 Å². The highest BCUT2D eigenvalue weighted by Gasteiger charge is 2.51. The zero-order valence-electron chi connectivity index (χ0n) is 12.5. The summed E-state index contributed by atoms with van der Waals surface area (Å²) in [4.78, 5) is 12.4. The summed E-state index contributed by atoms with van der Waals surface area (Å²) in [6.45, 7) is 0. The van der Waals surface area contributed by atoms with Crippen LogP contribution in [0.25, 0.3) is 0 Å². The molecule has 5 saturated carbocycles. The average Bonchev–Trinajstić information content (AvgIpc) is 3.17. The van der Waals surface area contributed by atoms with Gasteiger partial charge >= 0.3 is 6.03 Å². The van der Waals surface area contributed by atoms with Crippen LogP contribution in [0.1, 0.15) is 51.4 Å². The maximum atomic E-state index is 12.4. The third kappa shape index (κ3) is 2.51. The first-order valence-corrected chi connectivity index (χ1v) is 8.45. The molecule has 0 spiro atoms. The molecule has 5 N–H and O–H groups in total. The Morgan fingerprint density at radius 2 is 1.62 bits per heavy atom. The Morgan fingerprint density at radius 3 is 2.05 bits per heavy atom. The lowest BCUT2D eigenvalue weighted by Gasteiger charge is -2.56. The Kier molecular flexibility index (Phi) is 2.95. The molecular formula is C16H26N4O. The SMILES string of the molecule is N=C(N)C(NC(=O)NC12CC3CC(CC(C3)C1)C2)C1CC1. The molecule has 0 aromatic rings. The van der Waals surface area contributed by atoms with Crippen molar-refractivity contribution in [1.82, 2.24) is 10.6 Å². The van der Waals surface area contributed by atoms with E-state index in [0.29, 0.717) is 5.92 Å². The van der Waals surface area contributed by atoms with E-state index in [-0.39, 0.29) is 23.4 Å². The first-order valence-electron chi connectivity index (χ1n) is 8.45. The topological polar surface area (TPSA) is 91.0 Å². The summed E-state index contributed by atoms with van der Waals surface area (Å²) in [6, 6.07) is -0.372. The van der Waals surface area contributed by atoms with Crippen molar-refractivity contribution in [1.29, 1.82) is 5.41 Å². The highest BCUT2D eigenvalue weighted by atomic mass is 16.2. The van der Waals surface area contributed by atoms with Gasteiger partial charge in [0, 0.05) is 5.54 Å². The van der Waals surface area contributed by atoms with Gasteiger partial charge < -0.3 is 16.4 Å². The van der Waals surface area contributed by atoms with Crippen molar-refractivity contribution in [2.75, 3.05) is 0 Å². The van der Waals surface area contributed by atoms with Crippen molar-refractivity contribution in [2.24, 2.45) is 29.4 Å². The number of hydrogen-bond acceptors (Lipinski definition) is 2. The molecule has 2 amide bonds. The van der Waals surface area contributed by atoms with Gasteiger partial charge in [0.15, 0.2) is 0 Å². The molecule has 5 nitrogen and oxygen atoms in total. The fraction of sp³-hybridized carbons (Fsp3) is 0.875. The molecule has 0 aromatic heterocycles. The van der Waals surface area contributed by atoms with Gasteiger partial charge in [-0.2, -0.15) is 0 Å². The predicted molar refractivity (Wildman–Crippen MR) is 81.0 cm³/mol. The molecule has 21 heavy (non-hydrogen) atoms. The van der Waals surface area contributed by atoms with Crippen LogP contribution in [0.4, 0.5) is 4.79 Å². The molecule has 4 bridgehead atoms. The number of carbonyl (C=O) groups is 1. The second-order valence-electron chi connectivity index (χ2n) is 8.07. The minimum Gasteiger partial charge on any atom is -0.386 e. The molecule has 0 aliphatic heterocycles. The zero-order valence-corrected chi connectivity index (χ0v) is 12.5. The number of amidine groups is 1. The van der Waals surface area contributed by atoms with Gasteiger partial charge in [-0.25, -0.2) is 4.79 Å². The standard InChI is InChI=1S/C16H26N4O/c17-14(18)13(12-1-2-12)19-15(21)20-16-6-9-3-10(7-16)5-11(4-9)8-16/h9-13H,1-8H2,(H3,17,18)(H2,19,20,21). The Morgan fingerprint density at radius 1 is 1.10 bits per heavy atom. The fourth-order valence-corrected chi connectivity index (χ4v) is 5.56. The van der Waals surface area contributed by atoms with Gasteiger partial charge in [-0.05, 0) is 75.0 Å². The number of rotatable bonds is 4. The Bertz CT molecular complexity index is 436. The number of hydrogen-bond donors (Lipinski definition) is 4. The van der Waals surface area contributed by atoms with E-state index in [1.165, 1.54) is 19.3 Å². The molecule has 0 heterocycles. The summed E-state index contributed by atoms with van der Waals surface area (Å²) >= 11 is 0. The summed E-state index contributed by atoms with van der Waals surface area (Å²) in [5, 5.41) is 13.9. The highest BCUT2D eigenvalue weighted by molar-refractivity contribution is 5.88. The molecule has 5 fully saturated rings. The number of carbonyl (C=O) groups excluding carboxylic acids is 1. The normalized spacial score (nSPS) is 41.6. The summed E-state index contributed by atoms with van der Waals surface area (Å²) in [6.07, 6.45) is 9.73. The molecule has 5 heteroatoms. The Balaban J connectivity index is 1.41. The Hall–Kier alpha value is -1.26. The van der Waals surface area contributed by atoms with E-state index < -0.39 is 0 Å². The molecular weight excluding hydrogens is 264 g/mol. The van der Waals surface area contributed by atoms with Gasteiger partial charge in [-0.3, -0.25) is 5.41 Å². The monoisotopic (exact) mass is 290 g/mol. The largest absolute Gasteiger partial charge is 0.386 e. The quantitative estimate of drug-likeness (QED) is 0.471. The fourth-order valence-electron chi connectivity index (χ4n) is 5.56. The molecule has 1 atom stereocenters. The van der Waals surface area contributed by atoms with Gasteiger partial charge in [0.2, 0.25) is 0 Å². The van der Waals surface area contributed by atoms with Crippen LogP contribution in [-0.4, -0.2) is 23.4 Å². The molecule has 5 rings (SSSR count). The van der Waals surface area contributed by atoms with Crippen LogP contribution in [-0.2, 0) is 0 Å². The number of nitrogens with one attached hydrogen (secondary N) is 3. The van der Waals surface area contributed by atoms with E-state index in [2.05, 4.69) is 10.6 Å². The lowest BCUT2D eigenvalue weighted by atomic mass is 9.53. The molecule has 0 radical (unpaired) electrons. The third-order valence-electron chi connectivity index (χ3n) is 6.13. The van der Waals surface area contributed by atoms with E-state index >= 15 is 0 Å². The van der Waals surface area contributed by atoms with E-state index in [1.54, 1.807) is 0 Å². The maximum absolute atomic E-state index is 12.4. The van der Waals surface area contributed by atoms with Crippen LogP contribution in [0.2, 0.25) is 0 Å². The number of nitrogens with two attached hydrogens (primary N) is 1. The molecule has 5 aliphatic rings. The minimum absolute atomic E-state index is 0.0315. The average molecular weight is 290 g/mol. The summed E-state index contributed by atoms with van der Waals surface area (Å²) in [5.41, 5.74) is 5.66. The highest BCUT2D eigenvalue weighted by Crippen LogP contribution is 2.55. The van der Waals surface area contributed by atoms with Crippen LogP contribution in [0, 0.1) is 29.1 Å². The first kappa shape index (κ1) is 13.4. The van der Waals surface area contributed by atoms with Crippen molar-refractivity contribution in [3.8, 4) is 0 Å². The second kappa shape index (κ2) is 4.62. The maximum Gasteiger partial charge on any atom is 0.315 e. The lowest BCUT2D eigenvalue weighted by molar-refractivity contribution is -0.0136. The van der Waals surface area contributed by atoms with Crippen LogP contribution in [0.3, 0.4) is 0 Å². The molecule has 0 aromatic carbocycles. The number of amides is 2. The van der Waals surface area contributed by atoms with E-state index in [1.807, 2.05) is 0 Å². The summed E-state index contributed by atoms with van der Waals surface area (Å²) in [5.74, 6) is 2.94. The first-order chi connectivity index (χ1) is 10.0. The minimum atomic E-state index is -0.265. The van der Waals surface area contributed by atoms with Crippen LogP contribution in [0.15, 0.2) is 0 Å². The number of urea groups is 1. The summed E-state index contributed by atoms with van der Waals surface area (Å²) in [7, 11) is 0. The van der Waals surface area contributed by atoms with Gasteiger partial charge in [-0.1, -0.05) is 0 Å². The van der Waals surface area contributed by atoms with Crippen molar-refractivity contribution >= 4 is 11.9 Å². The van der Waals surface area contributed by atoms with Crippen molar-refractivity contribution in [3.63, 3.8) is 0 Å². The van der Waals surface area contributed by atoms with E-state index in [4.69, 9.17) is 11.1 Å². The van der Waals surface area contributed by atoms with Crippen molar-refractivity contribution in [2.45, 2.75) is 62.9 Å². The van der Waals surface area contributed by atoms with Crippen LogP contribution < -0.4 is 16.4 Å². The van der Waals surface area contributed by atoms with Gasteiger partial charge in [0.05, 0.1) is 6.04 Å². The summed E-state index contributed by atoms with van der Waals surface area (Å²) < 4.78 is 0. The molecule has 5 aliphatic carbocycles. The molecule has 0 saturated heterocycles. The van der Waals surface area contributed by atoms with Gasteiger partial charge in [0.25, 0.3) is 0 Å². The smallest absolute Gasteiger partial charge is 0.315 e. The van der Waals surface area contributed by atoms with Crippen molar-refractivity contribution < 1.29 is 4.79 Å². The predicted octanol–water partition coefficient (Wildman–Crippen LogP) is 1.97. The lowest BCUT2D eigenvalue weighted by Crippen LogP contribution is -2.63. The van der Waals surface area contributed by atoms with Gasteiger partial charge in [-0.15, -0.1) is 0 Å².